The van der Waals surface area contributed by atoms with Crippen molar-refractivity contribution in [3.8, 4) is 11.5 Å². The fourth-order valence-corrected chi connectivity index (χ4v) is 2.12. The first-order valence-electron chi connectivity index (χ1n) is 5.64. The van der Waals surface area contributed by atoms with Crippen LogP contribution in [0.2, 0.25) is 0 Å². The second-order valence-corrected chi connectivity index (χ2v) is 4.76. The van der Waals surface area contributed by atoms with Crippen molar-refractivity contribution in [1.29, 1.82) is 0 Å². The third kappa shape index (κ3) is 3.00. The van der Waals surface area contributed by atoms with Crippen LogP contribution in [-0.2, 0) is 6.42 Å². The Kier molecular flexibility index (Phi) is 3.96. The second-order valence-electron chi connectivity index (χ2n) is 3.70. The minimum atomic E-state index is -0.350. The van der Waals surface area contributed by atoms with E-state index in [9.17, 15) is 9.90 Å². The van der Waals surface area contributed by atoms with Crippen LogP contribution >= 0.6 is 11.3 Å². The third-order valence-electron chi connectivity index (χ3n) is 2.43. The summed E-state index contributed by atoms with van der Waals surface area (Å²) in [5.74, 6) is -0.112. The van der Waals surface area contributed by atoms with Crippen molar-refractivity contribution >= 4 is 22.4 Å². The molecule has 0 aliphatic heterocycles. The van der Waals surface area contributed by atoms with Crippen LogP contribution in [0.1, 0.15) is 22.3 Å². The van der Waals surface area contributed by atoms with Gasteiger partial charge in [0, 0.05) is 5.56 Å². The molecule has 0 fully saturated rings. The number of carbonyl (C=O) groups excluding carboxylic acids is 1. The zero-order valence-electron chi connectivity index (χ0n) is 10.5. The van der Waals surface area contributed by atoms with Crippen molar-refractivity contribution in [3.05, 3.63) is 28.8 Å². The summed E-state index contributed by atoms with van der Waals surface area (Å²) in [5.41, 5.74) is 0.326. The van der Waals surface area contributed by atoms with E-state index in [1.807, 2.05) is 6.92 Å². The van der Waals surface area contributed by atoms with E-state index in [2.05, 4.69) is 15.5 Å². The Morgan fingerprint density at radius 2 is 2.26 bits per heavy atom. The zero-order valence-corrected chi connectivity index (χ0v) is 11.3. The average molecular weight is 279 g/mol. The Morgan fingerprint density at radius 1 is 1.47 bits per heavy atom. The number of carbonyl (C=O) groups is 1. The summed E-state index contributed by atoms with van der Waals surface area (Å²) >= 11 is 1.33. The number of aromatic nitrogens is 2. The lowest BCUT2D eigenvalue weighted by atomic mass is 10.2. The molecule has 1 amide bonds. The van der Waals surface area contributed by atoms with Crippen molar-refractivity contribution in [2.75, 3.05) is 12.4 Å². The highest BCUT2D eigenvalue weighted by molar-refractivity contribution is 7.15. The largest absolute Gasteiger partial charge is 0.504 e. The predicted molar refractivity (Wildman–Crippen MR) is 71.9 cm³/mol. The number of nitrogens with zero attached hydrogens (tertiary/aromatic N) is 2. The van der Waals surface area contributed by atoms with E-state index in [1.54, 1.807) is 6.07 Å². The van der Waals surface area contributed by atoms with Crippen LogP contribution in [0.3, 0.4) is 0 Å². The molecule has 0 unspecified atom stereocenters. The molecular formula is C12H13N3O3S. The number of hydrogen-bond acceptors (Lipinski definition) is 6. The van der Waals surface area contributed by atoms with Crippen molar-refractivity contribution in [3.63, 3.8) is 0 Å². The zero-order chi connectivity index (χ0) is 13.8. The molecule has 6 nitrogen and oxygen atoms in total. The summed E-state index contributed by atoms with van der Waals surface area (Å²) in [4.78, 5) is 11.9. The summed E-state index contributed by atoms with van der Waals surface area (Å²) in [7, 11) is 1.45. The van der Waals surface area contributed by atoms with E-state index in [0.717, 1.165) is 11.4 Å². The van der Waals surface area contributed by atoms with Crippen LogP contribution in [0.25, 0.3) is 0 Å². The molecule has 0 saturated heterocycles. The molecule has 2 aromatic rings. The molecule has 0 saturated carbocycles. The molecule has 2 N–H and O–H groups in total. The van der Waals surface area contributed by atoms with Gasteiger partial charge >= 0.3 is 0 Å². The highest BCUT2D eigenvalue weighted by Gasteiger charge is 2.12. The molecule has 7 heteroatoms. The van der Waals surface area contributed by atoms with Gasteiger partial charge in [-0.3, -0.25) is 10.1 Å². The van der Waals surface area contributed by atoms with Gasteiger partial charge in [0.1, 0.15) is 5.01 Å². The van der Waals surface area contributed by atoms with Crippen LogP contribution in [0.4, 0.5) is 5.13 Å². The van der Waals surface area contributed by atoms with Gasteiger partial charge in [0.2, 0.25) is 5.13 Å². The molecule has 0 spiro atoms. The standard InChI is InChI=1S/C12H13N3O3S/c1-3-10-14-15-12(19-10)13-11(17)7-4-5-9(18-2)8(16)6-7/h4-6,16H,3H2,1-2H3,(H,13,15,17). The lowest BCUT2D eigenvalue weighted by molar-refractivity contribution is 0.102. The molecule has 19 heavy (non-hydrogen) atoms. The van der Waals surface area contributed by atoms with Gasteiger partial charge in [-0.1, -0.05) is 18.3 Å². The van der Waals surface area contributed by atoms with E-state index in [0.29, 0.717) is 16.4 Å². The Bertz CT molecular complexity index is 598. The number of phenolic OH excluding ortho intramolecular Hbond substituents is 1. The molecule has 1 heterocycles. The highest BCUT2D eigenvalue weighted by atomic mass is 32.1. The van der Waals surface area contributed by atoms with Gasteiger partial charge in [-0.15, -0.1) is 10.2 Å². The SMILES string of the molecule is CCc1nnc(NC(=O)c2ccc(OC)c(O)c2)s1. The smallest absolute Gasteiger partial charge is 0.257 e. The Balaban J connectivity index is 2.13. The number of aromatic hydroxyl groups is 1. The molecule has 0 bridgehead atoms. The summed E-state index contributed by atoms with van der Waals surface area (Å²) in [6, 6.07) is 4.44. The van der Waals surface area contributed by atoms with Crippen molar-refractivity contribution in [2.24, 2.45) is 0 Å². The number of anilines is 1. The monoisotopic (exact) mass is 279 g/mol. The quantitative estimate of drug-likeness (QED) is 0.895. The number of aryl methyl sites for hydroxylation is 1. The van der Waals surface area contributed by atoms with Crippen molar-refractivity contribution in [2.45, 2.75) is 13.3 Å². The van der Waals surface area contributed by atoms with Gasteiger partial charge in [0.25, 0.3) is 5.91 Å². The van der Waals surface area contributed by atoms with Gasteiger partial charge < -0.3 is 9.84 Å². The predicted octanol–water partition coefficient (Wildman–Crippen LogP) is 2.07. The number of benzene rings is 1. The maximum Gasteiger partial charge on any atom is 0.257 e. The van der Waals surface area contributed by atoms with Crippen molar-refractivity contribution in [1.82, 2.24) is 10.2 Å². The first kappa shape index (κ1) is 13.3. The highest BCUT2D eigenvalue weighted by Crippen LogP contribution is 2.26. The molecule has 1 aromatic heterocycles. The van der Waals surface area contributed by atoms with Gasteiger partial charge in [-0.05, 0) is 24.6 Å². The molecule has 0 aliphatic rings. The molecule has 100 valence electrons. The number of phenols is 1. The minimum absolute atomic E-state index is 0.0818. The Morgan fingerprint density at radius 3 is 2.84 bits per heavy atom. The molecule has 0 atom stereocenters. The molecule has 0 radical (unpaired) electrons. The van der Waals surface area contributed by atoms with Crippen LogP contribution in [0.5, 0.6) is 11.5 Å². The van der Waals surface area contributed by atoms with E-state index in [4.69, 9.17) is 4.74 Å². The molecule has 2 rings (SSSR count). The van der Waals surface area contributed by atoms with Crippen LogP contribution in [-0.4, -0.2) is 28.3 Å². The van der Waals surface area contributed by atoms with Gasteiger partial charge in [0.15, 0.2) is 11.5 Å². The normalized spacial score (nSPS) is 10.2. The number of rotatable bonds is 4. The summed E-state index contributed by atoms with van der Waals surface area (Å²) in [6.07, 6.45) is 0.775. The van der Waals surface area contributed by atoms with E-state index < -0.39 is 0 Å². The van der Waals surface area contributed by atoms with E-state index in [-0.39, 0.29) is 11.7 Å². The number of ether oxygens (including phenoxy) is 1. The topological polar surface area (TPSA) is 84.3 Å². The number of hydrogen-bond donors (Lipinski definition) is 2. The summed E-state index contributed by atoms with van der Waals surface area (Å²) in [5, 5.41) is 21.3. The molecular weight excluding hydrogens is 266 g/mol. The second kappa shape index (κ2) is 5.66. The fourth-order valence-electron chi connectivity index (χ4n) is 1.45. The summed E-state index contributed by atoms with van der Waals surface area (Å²) in [6.45, 7) is 1.97. The van der Waals surface area contributed by atoms with Gasteiger partial charge in [-0.2, -0.15) is 0 Å². The average Bonchev–Trinajstić information content (AvgIpc) is 2.86. The van der Waals surface area contributed by atoms with Gasteiger partial charge in [0.05, 0.1) is 7.11 Å². The molecule has 0 aliphatic carbocycles. The number of methoxy groups -OCH3 is 1. The summed E-state index contributed by atoms with van der Waals surface area (Å²) < 4.78 is 4.91. The lowest BCUT2D eigenvalue weighted by Crippen LogP contribution is -2.11. The Hall–Kier alpha value is -2.15. The molecule has 1 aromatic carbocycles. The first-order valence-corrected chi connectivity index (χ1v) is 6.46. The van der Waals surface area contributed by atoms with Gasteiger partial charge in [-0.25, -0.2) is 0 Å². The van der Waals surface area contributed by atoms with E-state index in [1.165, 1.54) is 30.6 Å². The first-order chi connectivity index (χ1) is 9.13. The van der Waals surface area contributed by atoms with Crippen LogP contribution < -0.4 is 10.1 Å². The van der Waals surface area contributed by atoms with Crippen molar-refractivity contribution < 1.29 is 14.6 Å². The third-order valence-corrected chi connectivity index (χ3v) is 3.41. The van der Waals surface area contributed by atoms with Crippen LogP contribution in [0, 0.1) is 0 Å². The maximum atomic E-state index is 11.9. The maximum absolute atomic E-state index is 11.9. The number of nitrogens with one attached hydrogen (secondary N) is 1. The minimum Gasteiger partial charge on any atom is -0.504 e. The lowest BCUT2D eigenvalue weighted by Gasteiger charge is -2.05. The van der Waals surface area contributed by atoms with Crippen LogP contribution in [0.15, 0.2) is 18.2 Å². The number of amides is 1. The van der Waals surface area contributed by atoms with E-state index >= 15 is 0 Å². The Labute approximate surface area is 114 Å². The fraction of sp³-hybridized carbons (Fsp3) is 0.250.